The molecule has 1 aromatic carbocycles. The Morgan fingerprint density at radius 2 is 2.00 bits per heavy atom. The van der Waals surface area contributed by atoms with Crippen molar-refractivity contribution in [1.29, 1.82) is 0 Å². The van der Waals surface area contributed by atoms with E-state index >= 15 is 0 Å². The summed E-state index contributed by atoms with van der Waals surface area (Å²) in [5.74, 6) is -0.0177. The van der Waals surface area contributed by atoms with Gasteiger partial charge in [-0.3, -0.25) is 19.3 Å². The molecule has 2 N–H and O–H groups in total. The van der Waals surface area contributed by atoms with E-state index in [1.165, 1.54) is 18.3 Å². The number of nitrogens with one attached hydrogen (secondary N) is 2. The smallest absolute Gasteiger partial charge is 0.328 e. The highest BCUT2D eigenvalue weighted by molar-refractivity contribution is 7.89. The van der Waals surface area contributed by atoms with Gasteiger partial charge in [0, 0.05) is 12.3 Å². The summed E-state index contributed by atoms with van der Waals surface area (Å²) < 4.78 is 48.9. The van der Waals surface area contributed by atoms with Crippen LogP contribution in [0.5, 0.6) is 5.75 Å². The third kappa shape index (κ3) is 5.60. The second kappa shape index (κ2) is 9.15. The number of benzene rings is 1. The number of aromatic amines is 1. The topological polar surface area (TPSA) is 123 Å². The van der Waals surface area contributed by atoms with Crippen LogP contribution in [-0.2, 0) is 22.1 Å². The molecule has 1 aliphatic rings. The maximum absolute atomic E-state index is 13.5. The van der Waals surface area contributed by atoms with Crippen LogP contribution in [0.2, 0.25) is 0 Å². The number of H-pyrrole nitrogens is 1. The standard InChI is InChI=1S/C23H25FN4O5S/c1-23(2,27-34(31,32)19-5-3-4-18(10-19)33-14-15-6-7-15)16-8-9-17(25-11-16)12-28-13-20(24)21(29)26-22(28)30/h3-5,8-11,13,15,27H,6-7,12,14H2,1-2H3,(H,26,29,30). The summed E-state index contributed by atoms with van der Waals surface area (Å²) in [6.07, 6.45) is 4.58. The van der Waals surface area contributed by atoms with Gasteiger partial charge in [0.05, 0.1) is 35.5 Å². The lowest BCUT2D eigenvalue weighted by molar-refractivity contribution is 0.299. The summed E-state index contributed by atoms with van der Waals surface area (Å²) in [5.41, 5.74) is -1.83. The first-order valence-electron chi connectivity index (χ1n) is 10.7. The van der Waals surface area contributed by atoms with Gasteiger partial charge < -0.3 is 4.74 Å². The van der Waals surface area contributed by atoms with Gasteiger partial charge in [-0.25, -0.2) is 17.9 Å². The third-order valence-electron chi connectivity index (χ3n) is 5.53. The van der Waals surface area contributed by atoms with Crippen LogP contribution in [-0.4, -0.2) is 29.6 Å². The van der Waals surface area contributed by atoms with E-state index in [1.54, 1.807) is 38.1 Å². The highest BCUT2D eigenvalue weighted by atomic mass is 32.2. The Kier molecular flexibility index (Phi) is 6.41. The molecule has 180 valence electrons. The van der Waals surface area contributed by atoms with Gasteiger partial charge in [-0.05, 0) is 56.4 Å². The van der Waals surface area contributed by atoms with Gasteiger partial charge in [0.1, 0.15) is 5.75 Å². The number of hydrogen-bond acceptors (Lipinski definition) is 6. The molecule has 0 bridgehead atoms. The third-order valence-corrected chi connectivity index (χ3v) is 7.19. The quantitative estimate of drug-likeness (QED) is 0.476. The lowest BCUT2D eigenvalue weighted by Crippen LogP contribution is -2.41. The first-order valence-corrected chi connectivity index (χ1v) is 12.2. The van der Waals surface area contributed by atoms with Gasteiger partial charge in [0.2, 0.25) is 15.8 Å². The molecule has 0 spiro atoms. The molecule has 34 heavy (non-hydrogen) atoms. The van der Waals surface area contributed by atoms with Crippen molar-refractivity contribution in [3.05, 3.63) is 86.7 Å². The zero-order valence-corrected chi connectivity index (χ0v) is 19.6. The Hall–Kier alpha value is -3.31. The van der Waals surface area contributed by atoms with Crippen LogP contribution in [0.1, 0.15) is 37.9 Å². The average molecular weight is 489 g/mol. The number of pyridine rings is 1. The summed E-state index contributed by atoms with van der Waals surface area (Å²) in [6.45, 7) is 3.93. The van der Waals surface area contributed by atoms with Crippen molar-refractivity contribution in [2.24, 2.45) is 5.92 Å². The van der Waals surface area contributed by atoms with Crippen LogP contribution in [0.25, 0.3) is 0 Å². The molecular weight excluding hydrogens is 463 g/mol. The van der Waals surface area contributed by atoms with Gasteiger partial charge in [-0.2, -0.15) is 4.39 Å². The van der Waals surface area contributed by atoms with Gasteiger partial charge in [-0.15, -0.1) is 0 Å². The Morgan fingerprint density at radius 3 is 2.68 bits per heavy atom. The number of ether oxygens (including phenoxy) is 1. The van der Waals surface area contributed by atoms with E-state index in [4.69, 9.17) is 4.74 Å². The molecule has 2 heterocycles. The van der Waals surface area contributed by atoms with Crippen molar-refractivity contribution >= 4 is 10.0 Å². The SMILES string of the molecule is CC(C)(NS(=O)(=O)c1cccc(OCC2CC2)c1)c1ccc(Cn2cc(F)c(=O)[nH]c2=O)nc1. The molecule has 9 nitrogen and oxygen atoms in total. The fraction of sp³-hybridized carbons (Fsp3) is 0.348. The van der Waals surface area contributed by atoms with Gasteiger partial charge >= 0.3 is 5.69 Å². The Morgan fingerprint density at radius 1 is 1.24 bits per heavy atom. The average Bonchev–Trinajstić information content (AvgIpc) is 3.61. The van der Waals surface area contributed by atoms with E-state index in [0.29, 0.717) is 29.5 Å². The van der Waals surface area contributed by atoms with Crippen molar-refractivity contribution in [1.82, 2.24) is 19.3 Å². The molecule has 0 atom stereocenters. The Balaban J connectivity index is 1.48. The van der Waals surface area contributed by atoms with E-state index in [-0.39, 0.29) is 11.4 Å². The molecule has 0 saturated heterocycles. The number of halogens is 1. The van der Waals surface area contributed by atoms with E-state index in [1.807, 2.05) is 4.98 Å². The monoisotopic (exact) mass is 488 g/mol. The van der Waals surface area contributed by atoms with E-state index in [2.05, 4.69) is 9.71 Å². The summed E-state index contributed by atoms with van der Waals surface area (Å²) in [5, 5.41) is 0. The molecule has 4 rings (SSSR count). The van der Waals surface area contributed by atoms with Crippen LogP contribution in [0, 0.1) is 11.7 Å². The van der Waals surface area contributed by atoms with Crippen LogP contribution >= 0.6 is 0 Å². The van der Waals surface area contributed by atoms with E-state index < -0.39 is 32.6 Å². The fourth-order valence-electron chi connectivity index (χ4n) is 3.35. The number of rotatable bonds is 9. The van der Waals surface area contributed by atoms with Crippen LogP contribution in [0.3, 0.4) is 0 Å². The minimum atomic E-state index is -3.86. The molecule has 2 aromatic heterocycles. The normalized spacial score (nSPS) is 14.2. The summed E-state index contributed by atoms with van der Waals surface area (Å²) in [4.78, 5) is 29.3. The zero-order chi connectivity index (χ0) is 24.5. The molecule has 1 saturated carbocycles. The maximum atomic E-state index is 13.5. The summed E-state index contributed by atoms with van der Waals surface area (Å²) in [6, 6.07) is 9.66. The minimum Gasteiger partial charge on any atom is -0.493 e. The summed E-state index contributed by atoms with van der Waals surface area (Å²) in [7, 11) is -3.86. The largest absolute Gasteiger partial charge is 0.493 e. The minimum absolute atomic E-state index is 0.0629. The van der Waals surface area contributed by atoms with Crippen LogP contribution in [0.4, 0.5) is 4.39 Å². The lowest BCUT2D eigenvalue weighted by atomic mass is 9.97. The fourth-order valence-corrected chi connectivity index (χ4v) is 4.78. The maximum Gasteiger partial charge on any atom is 0.328 e. The molecule has 1 fully saturated rings. The summed E-state index contributed by atoms with van der Waals surface area (Å²) >= 11 is 0. The second-order valence-corrected chi connectivity index (χ2v) is 10.5. The second-order valence-electron chi connectivity index (χ2n) is 8.86. The van der Waals surface area contributed by atoms with Gasteiger partial charge in [0.15, 0.2) is 0 Å². The zero-order valence-electron chi connectivity index (χ0n) is 18.7. The van der Waals surface area contributed by atoms with Crippen LogP contribution in [0.15, 0.2) is 63.3 Å². The van der Waals surface area contributed by atoms with Crippen LogP contribution < -0.4 is 20.7 Å². The molecule has 0 radical (unpaired) electrons. The number of sulfonamides is 1. The molecule has 3 aromatic rings. The Labute approximate surface area is 195 Å². The van der Waals surface area contributed by atoms with Crippen molar-refractivity contribution in [3.8, 4) is 5.75 Å². The van der Waals surface area contributed by atoms with Crippen molar-refractivity contribution in [3.63, 3.8) is 0 Å². The first-order chi connectivity index (χ1) is 16.0. The van der Waals surface area contributed by atoms with Crippen molar-refractivity contribution in [2.75, 3.05) is 6.61 Å². The van der Waals surface area contributed by atoms with E-state index in [0.717, 1.165) is 23.6 Å². The van der Waals surface area contributed by atoms with Crippen molar-refractivity contribution in [2.45, 2.75) is 43.7 Å². The highest BCUT2D eigenvalue weighted by Crippen LogP contribution is 2.30. The number of nitrogens with zero attached hydrogens (tertiary/aromatic N) is 2. The molecule has 0 aliphatic heterocycles. The lowest BCUT2D eigenvalue weighted by Gasteiger charge is -2.26. The van der Waals surface area contributed by atoms with Gasteiger partial charge in [0.25, 0.3) is 5.56 Å². The number of hydrogen-bond donors (Lipinski definition) is 2. The van der Waals surface area contributed by atoms with Gasteiger partial charge in [-0.1, -0.05) is 12.1 Å². The predicted molar refractivity (Wildman–Crippen MR) is 123 cm³/mol. The van der Waals surface area contributed by atoms with Crippen molar-refractivity contribution < 1.29 is 17.5 Å². The number of aromatic nitrogens is 3. The first kappa shape index (κ1) is 23.8. The molecule has 1 aliphatic carbocycles. The van der Waals surface area contributed by atoms with E-state index in [9.17, 15) is 22.4 Å². The molecular formula is C23H25FN4O5S. The Bertz CT molecular complexity index is 1410. The molecule has 11 heteroatoms. The molecule has 0 unspecified atom stereocenters. The predicted octanol–water partition coefficient (Wildman–Crippen LogP) is 2.12. The molecule has 0 amide bonds. The highest BCUT2D eigenvalue weighted by Gasteiger charge is 2.29.